The van der Waals surface area contributed by atoms with Gasteiger partial charge in [0.2, 0.25) is 0 Å². The maximum Gasteiger partial charge on any atom is 0.101 e. The second-order valence-corrected chi connectivity index (χ2v) is 8.31. The maximum atomic E-state index is 12.3. The summed E-state index contributed by atoms with van der Waals surface area (Å²) in [6, 6.07) is 21.3. The van der Waals surface area contributed by atoms with E-state index in [1.165, 1.54) is 11.1 Å². The van der Waals surface area contributed by atoms with Gasteiger partial charge < -0.3 is 5.11 Å². The minimum absolute atomic E-state index is 0.158. The topological polar surface area (TPSA) is 23.5 Å². The number of hydrogen-bond donors (Lipinski definition) is 1. The van der Waals surface area contributed by atoms with E-state index >= 15 is 0 Å². The van der Waals surface area contributed by atoms with E-state index in [-0.39, 0.29) is 16.9 Å². The molecule has 0 radical (unpaired) electrons. The van der Waals surface area contributed by atoms with Crippen LogP contribution in [0.4, 0.5) is 0 Å². The minimum Gasteiger partial charge on any atom is -0.386 e. The van der Waals surface area contributed by atoms with E-state index in [1.807, 2.05) is 0 Å². The molecule has 2 nitrogen and oxygen atoms in total. The molecule has 2 aliphatic carbocycles. The van der Waals surface area contributed by atoms with Crippen LogP contribution in [0, 0.1) is 5.92 Å². The van der Waals surface area contributed by atoms with Gasteiger partial charge in [0, 0.05) is 11.3 Å². The summed E-state index contributed by atoms with van der Waals surface area (Å²) in [6.07, 6.45) is 6.34. The third kappa shape index (κ3) is 2.40. The van der Waals surface area contributed by atoms with E-state index in [0.717, 1.165) is 25.9 Å². The molecule has 0 amide bonds. The zero-order chi connectivity index (χ0) is 19.1. The highest BCUT2D eigenvalue weighted by atomic mass is 16.3. The summed E-state index contributed by atoms with van der Waals surface area (Å²) in [7, 11) is 0. The number of rotatable bonds is 6. The molecule has 4 rings (SSSR count). The van der Waals surface area contributed by atoms with Crippen LogP contribution in [-0.2, 0) is 11.8 Å². The van der Waals surface area contributed by atoms with Crippen LogP contribution in [0.25, 0.3) is 0 Å². The average molecular weight is 362 g/mol. The Morgan fingerprint density at radius 3 is 2.15 bits per heavy atom. The molecule has 2 aromatic rings. The lowest BCUT2D eigenvalue weighted by molar-refractivity contribution is -0.0667. The Bertz CT molecular complexity index is 813. The molecule has 4 atom stereocenters. The highest BCUT2D eigenvalue weighted by Crippen LogP contribution is 2.71. The molecule has 2 aliphatic rings. The second kappa shape index (κ2) is 6.61. The van der Waals surface area contributed by atoms with E-state index in [0.29, 0.717) is 0 Å². The van der Waals surface area contributed by atoms with Gasteiger partial charge in [-0.3, -0.25) is 4.90 Å². The Morgan fingerprint density at radius 1 is 0.963 bits per heavy atom. The monoisotopic (exact) mass is 361 g/mol. The van der Waals surface area contributed by atoms with Gasteiger partial charge in [0.1, 0.15) is 5.60 Å². The van der Waals surface area contributed by atoms with Crippen LogP contribution in [0.3, 0.4) is 0 Å². The Morgan fingerprint density at radius 2 is 1.56 bits per heavy atom. The summed E-state index contributed by atoms with van der Waals surface area (Å²) in [6.45, 7) is 8.57. The highest BCUT2D eigenvalue weighted by molar-refractivity contribution is 5.52. The van der Waals surface area contributed by atoms with Gasteiger partial charge in [-0.1, -0.05) is 93.6 Å². The van der Waals surface area contributed by atoms with E-state index in [2.05, 4.69) is 98.5 Å². The standard InChI is InChI=1S/C25H31NO/c1-4-26(5-2)24(19-20-13-8-6-9-14-20)18-12-17-22-23(3,25(22,24)27)21-15-10-7-11-16-21/h6-17,22,27H,4-5,18-19H2,1-3H3/t22-,23+,24+,25+/m0/s1. The lowest BCUT2D eigenvalue weighted by atomic mass is 9.73. The summed E-state index contributed by atoms with van der Waals surface area (Å²) >= 11 is 0. The van der Waals surface area contributed by atoms with E-state index in [1.54, 1.807) is 0 Å². The third-order valence-corrected chi connectivity index (χ3v) is 7.36. The first-order chi connectivity index (χ1) is 13.0. The van der Waals surface area contributed by atoms with E-state index < -0.39 is 5.60 Å². The van der Waals surface area contributed by atoms with Crippen LogP contribution < -0.4 is 0 Å². The van der Waals surface area contributed by atoms with Crippen molar-refractivity contribution in [1.82, 2.24) is 4.90 Å². The molecular weight excluding hydrogens is 330 g/mol. The van der Waals surface area contributed by atoms with Gasteiger partial charge in [0.15, 0.2) is 0 Å². The van der Waals surface area contributed by atoms with Gasteiger partial charge in [-0.15, -0.1) is 0 Å². The Labute approximate surface area is 163 Å². The molecule has 2 heteroatoms. The van der Waals surface area contributed by atoms with Gasteiger partial charge in [-0.2, -0.15) is 0 Å². The third-order valence-electron chi connectivity index (χ3n) is 7.36. The molecule has 0 saturated heterocycles. The molecule has 0 spiro atoms. The largest absolute Gasteiger partial charge is 0.386 e. The van der Waals surface area contributed by atoms with Crippen molar-refractivity contribution in [3.05, 3.63) is 83.9 Å². The molecule has 0 bridgehead atoms. The molecule has 0 heterocycles. The number of likely N-dealkylation sites (N-methyl/N-ethyl adjacent to an activating group) is 1. The second-order valence-electron chi connectivity index (χ2n) is 8.31. The molecule has 2 aromatic carbocycles. The lowest BCUT2D eigenvalue weighted by Gasteiger charge is -2.50. The van der Waals surface area contributed by atoms with Crippen molar-refractivity contribution >= 4 is 0 Å². The predicted molar refractivity (Wildman–Crippen MR) is 112 cm³/mol. The number of nitrogens with zero attached hydrogens (tertiary/aromatic N) is 1. The van der Waals surface area contributed by atoms with Crippen molar-refractivity contribution < 1.29 is 5.11 Å². The minimum atomic E-state index is -0.766. The van der Waals surface area contributed by atoms with Crippen molar-refractivity contribution in [2.45, 2.75) is 50.2 Å². The van der Waals surface area contributed by atoms with Gasteiger partial charge >= 0.3 is 0 Å². The number of hydrogen-bond acceptors (Lipinski definition) is 2. The SMILES string of the molecule is CCN(CC)[C@@]1(Cc2ccccc2)CC=C[C@@H]2[C@@]1(O)[C@]2(C)c1ccccc1. The van der Waals surface area contributed by atoms with Crippen molar-refractivity contribution in [2.24, 2.45) is 5.92 Å². The molecule has 0 aromatic heterocycles. The molecular formula is C25H31NO. The highest BCUT2D eigenvalue weighted by Gasteiger charge is 2.82. The summed E-state index contributed by atoms with van der Waals surface area (Å²) in [5.41, 5.74) is 1.24. The van der Waals surface area contributed by atoms with Crippen LogP contribution in [0.5, 0.6) is 0 Å². The summed E-state index contributed by atoms with van der Waals surface area (Å²) in [4.78, 5) is 2.50. The first kappa shape index (κ1) is 18.5. The molecule has 142 valence electrons. The molecule has 0 aliphatic heterocycles. The van der Waals surface area contributed by atoms with Crippen LogP contribution in [0.1, 0.15) is 38.3 Å². The van der Waals surface area contributed by atoms with Crippen molar-refractivity contribution in [2.75, 3.05) is 13.1 Å². The fraction of sp³-hybridized carbons (Fsp3) is 0.440. The Balaban J connectivity index is 1.85. The summed E-state index contributed by atoms with van der Waals surface area (Å²) < 4.78 is 0. The summed E-state index contributed by atoms with van der Waals surface area (Å²) in [5.74, 6) is 0.158. The van der Waals surface area contributed by atoms with Gasteiger partial charge in [-0.05, 0) is 37.1 Å². The zero-order valence-electron chi connectivity index (χ0n) is 16.7. The lowest BCUT2D eigenvalue weighted by Crippen LogP contribution is -2.62. The predicted octanol–water partition coefficient (Wildman–Crippen LogP) is 4.59. The van der Waals surface area contributed by atoms with Crippen LogP contribution in [0.15, 0.2) is 72.8 Å². The molecule has 1 saturated carbocycles. The van der Waals surface area contributed by atoms with Crippen LogP contribution in [-0.4, -0.2) is 34.2 Å². The Kier molecular flexibility index (Phi) is 4.52. The van der Waals surface area contributed by atoms with Gasteiger partial charge in [0.25, 0.3) is 0 Å². The normalized spacial score (nSPS) is 34.5. The zero-order valence-corrected chi connectivity index (χ0v) is 16.7. The quantitative estimate of drug-likeness (QED) is 0.761. The first-order valence-electron chi connectivity index (χ1n) is 10.3. The van der Waals surface area contributed by atoms with E-state index in [9.17, 15) is 5.11 Å². The molecule has 0 unspecified atom stereocenters. The van der Waals surface area contributed by atoms with Crippen LogP contribution in [0.2, 0.25) is 0 Å². The first-order valence-corrected chi connectivity index (χ1v) is 10.3. The van der Waals surface area contributed by atoms with Crippen molar-refractivity contribution in [3.8, 4) is 0 Å². The maximum absolute atomic E-state index is 12.3. The molecule has 27 heavy (non-hydrogen) atoms. The fourth-order valence-corrected chi connectivity index (χ4v) is 5.93. The summed E-state index contributed by atoms with van der Waals surface area (Å²) in [5, 5.41) is 12.3. The molecule has 1 fully saturated rings. The average Bonchev–Trinajstić information content (AvgIpc) is 3.23. The van der Waals surface area contributed by atoms with E-state index in [4.69, 9.17) is 0 Å². The van der Waals surface area contributed by atoms with Crippen molar-refractivity contribution in [3.63, 3.8) is 0 Å². The van der Waals surface area contributed by atoms with Gasteiger partial charge in [-0.25, -0.2) is 0 Å². The number of aliphatic hydroxyl groups is 1. The smallest absolute Gasteiger partial charge is 0.101 e. The molecule has 1 N–H and O–H groups in total. The number of fused-ring (bicyclic) bond motifs is 1. The van der Waals surface area contributed by atoms with Crippen LogP contribution >= 0.6 is 0 Å². The van der Waals surface area contributed by atoms with Crippen molar-refractivity contribution in [1.29, 1.82) is 0 Å². The number of benzene rings is 2. The Hall–Kier alpha value is -1.90. The fourth-order valence-electron chi connectivity index (χ4n) is 5.93. The van der Waals surface area contributed by atoms with Gasteiger partial charge in [0.05, 0.1) is 5.54 Å².